The van der Waals surface area contributed by atoms with Gasteiger partial charge in [-0.2, -0.15) is 0 Å². The first-order valence-corrected chi connectivity index (χ1v) is 8.74. The summed E-state index contributed by atoms with van der Waals surface area (Å²) < 4.78 is 0. The molecule has 2 rings (SSSR count). The molecule has 1 aromatic heterocycles. The van der Waals surface area contributed by atoms with Crippen LogP contribution in [0.3, 0.4) is 0 Å². The van der Waals surface area contributed by atoms with E-state index >= 15 is 0 Å². The molecule has 6 nitrogen and oxygen atoms in total. The topological polar surface area (TPSA) is 69.6 Å². The Morgan fingerprint density at radius 1 is 1.23 bits per heavy atom. The molecule has 0 aliphatic rings. The minimum Gasteiger partial charge on any atom is -0.356 e. The first-order chi connectivity index (χ1) is 12.5. The van der Waals surface area contributed by atoms with E-state index < -0.39 is 0 Å². The summed E-state index contributed by atoms with van der Waals surface area (Å²) in [5.74, 6) is 1.19. The van der Waals surface area contributed by atoms with Crippen molar-refractivity contribution in [1.29, 1.82) is 0 Å². The number of guanidine groups is 1. The molecule has 7 heteroatoms. The number of pyridine rings is 1. The molecule has 26 heavy (non-hydrogen) atoms. The van der Waals surface area contributed by atoms with Crippen molar-refractivity contribution >= 4 is 29.3 Å². The number of halogens is 1. The van der Waals surface area contributed by atoms with Gasteiger partial charge in [0.25, 0.3) is 0 Å². The van der Waals surface area contributed by atoms with Crippen LogP contribution in [-0.4, -0.2) is 42.4 Å². The Morgan fingerprint density at radius 3 is 2.58 bits per heavy atom. The summed E-state index contributed by atoms with van der Waals surface area (Å²) in [4.78, 5) is 22.4. The van der Waals surface area contributed by atoms with Crippen LogP contribution < -0.4 is 10.6 Å². The van der Waals surface area contributed by atoms with Crippen molar-refractivity contribution in [3.05, 3.63) is 58.7 Å². The molecular weight excluding hydrogens is 350 g/mol. The van der Waals surface area contributed by atoms with E-state index in [1.54, 1.807) is 19.3 Å². The number of aliphatic imine (C=N–C) groups is 1. The van der Waals surface area contributed by atoms with Gasteiger partial charge in [-0.25, -0.2) is 4.98 Å². The number of nitrogens with one attached hydrogen (secondary N) is 2. The van der Waals surface area contributed by atoms with Gasteiger partial charge in [-0.05, 0) is 36.2 Å². The molecule has 0 fully saturated rings. The van der Waals surface area contributed by atoms with Crippen LogP contribution in [0.1, 0.15) is 17.5 Å². The number of aromatic nitrogens is 1. The summed E-state index contributed by atoms with van der Waals surface area (Å²) >= 11 is 5.91. The first kappa shape index (κ1) is 19.7. The van der Waals surface area contributed by atoms with Gasteiger partial charge in [-0.1, -0.05) is 29.8 Å². The van der Waals surface area contributed by atoms with Gasteiger partial charge in [0, 0.05) is 44.8 Å². The van der Waals surface area contributed by atoms with Gasteiger partial charge < -0.3 is 15.5 Å². The van der Waals surface area contributed by atoms with Crippen molar-refractivity contribution in [2.24, 2.45) is 4.99 Å². The molecule has 0 aliphatic heterocycles. The van der Waals surface area contributed by atoms with E-state index in [1.807, 2.05) is 49.2 Å². The molecule has 1 aromatic carbocycles. The highest BCUT2D eigenvalue weighted by molar-refractivity contribution is 6.30. The van der Waals surface area contributed by atoms with Crippen LogP contribution in [0.5, 0.6) is 0 Å². The smallest absolute Gasteiger partial charge is 0.227 e. The Labute approximate surface area is 159 Å². The average molecular weight is 374 g/mol. The number of anilines is 1. The van der Waals surface area contributed by atoms with Crippen molar-refractivity contribution in [3.8, 4) is 0 Å². The van der Waals surface area contributed by atoms with E-state index in [4.69, 9.17) is 11.6 Å². The number of amides is 1. The van der Waals surface area contributed by atoms with Gasteiger partial charge in [-0.15, -0.1) is 0 Å². The summed E-state index contributed by atoms with van der Waals surface area (Å²) in [6, 6.07) is 11.4. The normalized spacial score (nSPS) is 11.2. The Kier molecular flexibility index (Phi) is 7.41. The Balaban J connectivity index is 1.77. The highest BCUT2D eigenvalue weighted by Crippen LogP contribution is 2.11. The van der Waals surface area contributed by atoms with Crippen molar-refractivity contribution in [1.82, 2.24) is 15.2 Å². The molecule has 1 amide bonds. The highest BCUT2D eigenvalue weighted by atomic mass is 35.5. The zero-order chi connectivity index (χ0) is 18.9. The fourth-order valence-corrected chi connectivity index (χ4v) is 2.48. The van der Waals surface area contributed by atoms with Gasteiger partial charge >= 0.3 is 0 Å². The first-order valence-electron chi connectivity index (χ1n) is 8.36. The van der Waals surface area contributed by atoms with E-state index in [0.29, 0.717) is 30.4 Å². The zero-order valence-corrected chi connectivity index (χ0v) is 16.0. The van der Waals surface area contributed by atoms with Gasteiger partial charge in [-0.3, -0.25) is 9.79 Å². The van der Waals surface area contributed by atoms with Crippen LogP contribution in [0.25, 0.3) is 0 Å². The quantitative estimate of drug-likeness (QED) is 0.603. The molecule has 0 atom stereocenters. The summed E-state index contributed by atoms with van der Waals surface area (Å²) in [7, 11) is 3.66. The Hall–Kier alpha value is -2.60. The zero-order valence-electron chi connectivity index (χ0n) is 15.3. The molecule has 2 N–H and O–H groups in total. The number of aryl methyl sites for hydroxylation is 1. The predicted molar refractivity (Wildman–Crippen MR) is 107 cm³/mol. The number of hydrogen-bond donors (Lipinski definition) is 2. The average Bonchev–Trinajstić information content (AvgIpc) is 2.62. The number of benzene rings is 1. The minimum atomic E-state index is -0.0929. The van der Waals surface area contributed by atoms with Gasteiger partial charge in [0.2, 0.25) is 5.91 Å². The molecule has 138 valence electrons. The number of carbonyl (C=O) groups is 1. The van der Waals surface area contributed by atoms with Crippen LogP contribution in [0, 0.1) is 6.92 Å². The summed E-state index contributed by atoms with van der Waals surface area (Å²) in [6.07, 6.45) is 2.05. The molecule has 0 spiro atoms. The maximum Gasteiger partial charge on any atom is 0.227 e. The molecule has 1 heterocycles. The molecule has 0 unspecified atom stereocenters. The monoisotopic (exact) mass is 373 g/mol. The second-order valence-electron chi connectivity index (χ2n) is 5.98. The van der Waals surface area contributed by atoms with E-state index in [-0.39, 0.29) is 5.91 Å². The lowest BCUT2D eigenvalue weighted by atomic mass is 10.2. The van der Waals surface area contributed by atoms with Crippen molar-refractivity contribution in [2.45, 2.75) is 19.9 Å². The van der Waals surface area contributed by atoms with E-state index in [2.05, 4.69) is 20.6 Å². The van der Waals surface area contributed by atoms with Crippen molar-refractivity contribution < 1.29 is 4.79 Å². The van der Waals surface area contributed by atoms with Crippen LogP contribution in [-0.2, 0) is 11.3 Å². The third-order valence-corrected chi connectivity index (χ3v) is 3.97. The number of rotatable bonds is 6. The Morgan fingerprint density at radius 2 is 1.96 bits per heavy atom. The standard InChI is InChI=1S/C19H24ClN5O/c1-14-4-9-17(23-12-14)24-18(26)10-11-22-19(21-2)25(3)13-15-5-7-16(20)8-6-15/h4-9,12H,10-11,13H2,1-3H3,(H,21,22)(H,23,24,26). The van der Waals surface area contributed by atoms with E-state index in [9.17, 15) is 4.79 Å². The van der Waals surface area contributed by atoms with Gasteiger partial charge in [0.15, 0.2) is 5.96 Å². The molecule has 0 saturated heterocycles. The molecule has 2 aromatic rings. The fraction of sp³-hybridized carbons (Fsp3) is 0.316. The minimum absolute atomic E-state index is 0.0929. The third-order valence-electron chi connectivity index (χ3n) is 3.72. The lowest BCUT2D eigenvalue weighted by Crippen LogP contribution is -2.39. The van der Waals surface area contributed by atoms with E-state index in [1.165, 1.54) is 0 Å². The Bertz CT molecular complexity index is 744. The van der Waals surface area contributed by atoms with Crippen LogP contribution >= 0.6 is 11.6 Å². The van der Waals surface area contributed by atoms with Gasteiger partial charge in [0.1, 0.15) is 5.82 Å². The number of nitrogens with zero attached hydrogens (tertiary/aromatic N) is 3. The van der Waals surface area contributed by atoms with E-state index in [0.717, 1.165) is 17.1 Å². The third kappa shape index (κ3) is 6.37. The second-order valence-corrected chi connectivity index (χ2v) is 6.41. The molecule has 0 radical (unpaired) electrons. The molecule has 0 bridgehead atoms. The van der Waals surface area contributed by atoms with Crippen LogP contribution in [0.4, 0.5) is 5.82 Å². The predicted octanol–water partition coefficient (Wildman–Crippen LogP) is 3.08. The van der Waals surface area contributed by atoms with Crippen molar-refractivity contribution in [2.75, 3.05) is 26.0 Å². The van der Waals surface area contributed by atoms with Crippen LogP contribution in [0.2, 0.25) is 5.02 Å². The fourth-order valence-electron chi connectivity index (χ4n) is 2.36. The van der Waals surface area contributed by atoms with Gasteiger partial charge in [0.05, 0.1) is 0 Å². The molecule has 0 saturated carbocycles. The van der Waals surface area contributed by atoms with Crippen molar-refractivity contribution in [3.63, 3.8) is 0 Å². The molecular formula is C19H24ClN5O. The summed E-state index contributed by atoms with van der Waals surface area (Å²) in [6.45, 7) is 3.13. The molecule has 0 aliphatic carbocycles. The largest absolute Gasteiger partial charge is 0.356 e. The number of carbonyl (C=O) groups excluding carboxylic acids is 1. The lowest BCUT2D eigenvalue weighted by Gasteiger charge is -2.22. The maximum absolute atomic E-state index is 12.0. The number of hydrogen-bond acceptors (Lipinski definition) is 3. The summed E-state index contributed by atoms with van der Waals surface area (Å²) in [5, 5.41) is 6.69. The van der Waals surface area contributed by atoms with Crippen LogP contribution in [0.15, 0.2) is 47.6 Å². The maximum atomic E-state index is 12.0. The summed E-state index contributed by atoms with van der Waals surface area (Å²) in [5.41, 5.74) is 2.18. The lowest BCUT2D eigenvalue weighted by molar-refractivity contribution is -0.116. The second kappa shape index (κ2) is 9.77. The highest BCUT2D eigenvalue weighted by Gasteiger charge is 2.08. The SMILES string of the molecule is CN=C(NCCC(=O)Nc1ccc(C)cn1)N(C)Cc1ccc(Cl)cc1.